The van der Waals surface area contributed by atoms with Gasteiger partial charge in [0.25, 0.3) is 5.91 Å². The molecule has 1 aromatic heterocycles. The van der Waals surface area contributed by atoms with Crippen molar-refractivity contribution in [2.45, 2.75) is 6.54 Å². The molecule has 0 radical (unpaired) electrons. The lowest BCUT2D eigenvalue weighted by molar-refractivity contribution is -0.114. The maximum atomic E-state index is 13.2. The van der Waals surface area contributed by atoms with Crippen LogP contribution in [0.3, 0.4) is 0 Å². The van der Waals surface area contributed by atoms with E-state index in [9.17, 15) is 9.59 Å². The number of aromatic nitrogens is 2. The van der Waals surface area contributed by atoms with Crippen LogP contribution >= 0.6 is 0 Å². The maximum Gasteiger partial charge on any atom is 0.258 e. The minimum atomic E-state index is -0.621. The zero-order valence-corrected chi connectivity index (χ0v) is 18.1. The number of H-pyrrole nitrogens is 1. The summed E-state index contributed by atoms with van der Waals surface area (Å²) in [6, 6.07) is 19.8. The van der Waals surface area contributed by atoms with E-state index in [-0.39, 0.29) is 18.0 Å². The molecule has 5 rings (SSSR count). The SMILES string of the molecule is C=C(CN1Cc2c(-c3ccc4[nH]nc(-c5ccccc5)c4c3)ccc(OC)c2C1=O)C(N)=O. The fraction of sp³-hybridized carbons (Fsp3) is 0.115. The number of carbonyl (C=O) groups is 2. The van der Waals surface area contributed by atoms with E-state index in [0.29, 0.717) is 17.9 Å². The lowest BCUT2D eigenvalue weighted by Gasteiger charge is -2.15. The number of fused-ring (bicyclic) bond motifs is 2. The molecular weight excluding hydrogens is 416 g/mol. The number of methoxy groups -OCH3 is 1. The number of nitrogens with one attached hydrogen (secondary N) is 1. The molecule has 4 aromatic rings. The highest BCUT2D eigenvalue weighted by molar-refractivity contribution is 6.05. The predicted octanol–water partition coefficient (Wildman–Crippen LogP) is 3.90. The fourth-order valence-electron chi connectivity index (χ4n) is 4.32. The minimum absolute atomic E-state index is 0.0738. The summed E-state index contributed by atoms with van der Waals surface area (Å²) in [5.41, 5.74) is 11.6. The summed E-state index contributed by atoms with van der Waals surface area (Å²) in [7, 11) is 1.54. The first-order chi connectivity index (χ1) is 16.0. The Kier molecular flexibility index (Phi) is 4.94. The molecule has 1 aliphatic rings. The van der Waals surface area contributed by atoms with Crippen molar-refractivity contribution in [3.63, 3.8) is 0 Å². The number of nitrogens with zero attached hydrogens (tertiary/aromatic N) is 2. The molecule has 0 saturated heterocycles. The molecular formula is C26H22N4O3. The monoisotopic (exact) mass is 438 g/mol. The van der Waals surface area contributed by atoms with Gasteiger partial charge in [0.05, 0.1) is 30.4 Å². The Hall–Kier alpha value is -4.39. The van der Waals surface area contributed by atoms with Crippen molar-refractivity contribution < 1.29 is 14.3 Å². The van der Waals surface area contributed by atoms with E-state index in [2.05, 4.69) is 22.8 Å². The van der Waals surface area contributed by atoms with Crippen LogP contribution < -0.4 is 10.5 Å². The molecule has 0 bridgehead atoms. The summed E-state index contributed by atoms with van der Waals surface area (Å²) < 4.78 is 5.48. The summed E-state index contributed by atoms with van der Waals surface area (Å²) in [5.74, 6) is -0.328. The zero-order chi connectivity index (χ0) is 23.1. The number of ether oxygens (including phenoxy) is 1. The lowest BCUT2D eigenvalue weighted by Crippen LogP contribution is -2.30. The second-order valence-corrected chi connectivity index (χ2v) is 8.00. The number of amides is 2. The summed E-state index contributed by atoms with van der Waals surface area (Å²) in [5, 5.41) is 8.60. The van der Waals surface area contributed by atoms with Crippen molar-refractivity contribution in [1.82, 2.24) is 15.1 Å². The van der Waals surface area contributed by atoms with Crippen LogP contribution in [-0.2, 0) is 11.3 Å². The normalized spacial score (nSPS) is 12.8. The van der Waals surface area contributed by atoms with Gasteiger partial charge < -0.3 is 15.4 Å². The number of nitrogens with two attached hydrogens (primary N) is 1. The van der Waals surface area contributed by atoms with E-state index >= 15 is 0 Å². The highest BCUT2D eigenvalue weighted by Gasteiger charge is 2.33. The standard InChI is InChI=1S/C26H22N4O3/c1-15(25(27)31)13-30-14-20-18(9-11-22(33-2)23(20)26(30)32)17-8-10-21-19(12-17)24(29-28-21)16-6-4-3-5-7-16/h3-12H,1,13-14H2,2H3,(H2,27,31)(H,28,29). The van der Waals surface area contributed by atoms with Crippen LogP contribution in [-0.4, -0.2) is 40.6 Å². The molecule has 1 aliphatic heterocycles. The Bertz CT molecular complexity index is 1420. The molecule has 2 heterocycles. The Morgan fingerprint density at radius 1 is 1.15 bits per heavy atom. The molecule has 164 valence electrons. The van der Waals surface area contributed by atoms with Crippen LogP contribution in [0.2, 0.25) is 0 Å². The van der Waals surface area contributed by atoms with Crippen molar-refractivity contribution in [1.29, 1.82) is 0 Å². The average Bonchev–Trinajstić information content (AvgIpc) is 3.40. The quantitative estimate of drug-likeness (QED) is 0.446. The summed E-state index contributed by atoms with van der Waals surface area (Å²) in [6.07, 6.45) is 0. The molecule has 0 saturated carbocycles. The molecule has 0 aliphatic carbocycles. The van der Waals surface area contributed by atoms with E-state index < -0.39 is 5.91 Å². The second kappa shape index (κ2) is 7.94. The number of aromatic amines is 1. The first kappa shape index (κ1) is 20.5. The van der Waals surface area contributed by atoms with Crippen LogP contribution in [0.15, 0.2) is 72.8 Å². The van der Waals surface area contributed by atoms with Gasteiger partial charge in [-0.2, -0.15) is 5.10 Å². The summed E-state index contributed by atoms with van der Waals surface area (Å²) in [6.45, 7) is 4.10. The third-order valence-electron chi connectivity index (χ3n) is 6.00. The highest BCUT2D eigenvalue weighted by Crippen LogP contribution is 2.39. The van der Waals surface area contributed by atoms with Gasteiger partial charge in [0.1, 0.15) is 5.75 Å². The van der Waals surface area contributed by atoms with Gasteiger partial charge in [-0.3, -0.25) is 14.7 Å². The van der Waals surface area contributed by atoms with E-state index in [1.807, 2.05) is 48.5 Å². The van der Waals surface area contributed by atoms with Gasteiger partial charge in [-0.05, 0) is 34.9 Å². The van der Waals surface area contributed by atoms with Gasteiger partial charge in [0.2, 0.25) is 5.91 Å². The van der Waals surface area contributed by atoms with E-state index in [1.165, 1.54) is 7.11 Å². The number of hydrogen-bond acceptors (Lipinski definition) is 4. The lowest BCUT2D eigenvalue weighted by atomic mass is 9.94. The van der Waals surface area contributed by atoms with Gasteiger partial charge in [-0.1, -0.05) is 49.0 Å². The minimum Gasteiger partial charge on any atom is -0.496 e. The molecule has 2 amide bonds. The van der Waals surface area contributed by atoms with Crippen molar-refractivity contribution in [3.05, 3.63) is 83.9 Å². The van der Waals surface area contributed by atoms with Gasteiger partial charge in [-0.25, -0.2) is 0 Å². The average molecular weight is 438 g/mol. The molecule has 0 fully saturated rings. The highest BCUT2D eigenvalue weighted by atomic mass is 16.5. The number of benzene rings is 3. The van der Waals surface area contributed by atoms with Crippen LogP contribution in [0.1, 0.15) is 15.9 Å². The van der Waals surface area contributed by atoms with Crippen LogP contribution in [0.25, 0.3) is 33.3 Å². The summed E-state index contributed by atoms with van der Waals surface area (Å²) >= 11 is 0. The van der Waals surface area contributed by atoms with Crippen molar-refractivity contribution in [2.75, 3.05) is 13.7 Å². The Morgan fingerprint density at radius 3 is 2.67 bits per heavy atom. The third kappa shape index (κ3) is 3.43. The molecule has 33 heavy (non-hydrogen) atoms. The molecule has 0 atom stereocenters. The first-order valence-corrected chi connectivity index (χ1v) is 10.5. The van der Waals surface area contributed by atoms with Gasteiger partial charge in [0.15, 0.2) is 0 Å². The van der Waals surface area contributed by atoms with E-state index in [1.54, 1.807) is 11.0 Å². The Morgan fingerprint density at radius 2 is 1.94 bits per heavy atom. The molecule has 3 aromatic carbocycles. The second-order valence-electron chi connectivity index (χ2n) is 8.00. The molecule has 7 heteroatoms. The van der Waals surface area contributed by atoms with Gasteiger partial charge in [0, 0.05) is 23.1 Å². The van der Waals surface area contributed by atoms with E-state index in [4.69, 9.17) is 10.5 Å². The van der Waals surface area contributed by atoms with Crippen LogP contribution in [0, 0.1) is 0 Å². The van der Waals surface area contributed by atoms with Gasteiger partial charge in [-0.15, -0.1) is 0 Å². The topological polar surface area (TPSA) is 101 Å². The smallest absolute Gasteiger partial charge is 0.258 e. The van der Waals surface area contributed by atoms with Crippen molar-refractivity contribution in [3.8, 4) is 28.1 Å². The van der Waals surface area contributed by atoms with Gasteiger partial charge >= 0.3 is 0 Å². The maximum absolute atomic E-state index is 13.2. The van der Waals surface area contributed by atoms with Crippen molar-refractivity contribution >= 4 is 22.7 Å². The van der Waals surface area contributed by atoms with Crippen LogP contribution in [0.4, 0.5) is 0 Å². The van der Waals surface area contributed by atoms with E-state index in [0.717, 1.165) is 38.9 Å². The first-order valence-electron chi connectivity index (χ1n) is 10.5. The zero-order valence-electron chi connectivity index (χ0n) is 18.1. The number of rotatable bonds is 6. The number of hydrogen-bond donors (Lipinski definition) is 2. The molecule has 0 unspecified atom stereocenters. The molecule has 3 N–H and O–H groups in total. The third-order valence-corrected chi connectivity index (χ3v) is 6.00. The molecule has 0 spiro atoms. The largest absolute Gasteiger partial charge is 0.496 e. The summed E-state index contributed by atoms with van der Waals surface area (Å²) in [4.78, 5) is 26.2. The number of primary amides is 1. The Balaban J connectivity index is 1.61. The number of carbonyl (C=O) groups excluding carboxylic acids is 2. The predicted molar refractivity (Wildman–Crippen MR) is 127 cm³/mol. The fourth-order valence-corrected chi connectivity index (χ4v) is 4.32. The molecule has 7 nitrogen and oxygen atoms in total. The van der Waals surface area contributed by atoms with Crippen molar-refractivity contribution in [2.24, 2.45) is 5.73 Å². The Labute approximate surface area is 190 Å². The van der Waals surface area contributed by atoms with Crippen LogP contribution in [0.5, 0.6) is 5.75 Å².